The highest BCUT2D eigenvalue weighted by molar-refractivity contribution is 5.64. The summed E-state index contributed by atoms with van der Waals surface area (Å²) in [5.74, 6) is 1.75. The molecule has 0 spiro atoms. The van der Waals surface area contributed by atoms with Crippen LogP contribution in [0.25, 0.3) is 11.3 Å². The highest BCUT2D eigenvalue weighted by atomic mass is 15.0. The molecule has 2 heterocycles. The normalized spacial score (nSPS) is 18.1. The highest BCUT2D eigenvalue weighted by Gasteiger charge is 2.23. The summed E-state index contributed by atoms with van der Waals surface area (Å²) < 4.78 is 0. The average Bonchev–Trinajstić information content (AvgIpc) is 2.47. The number of fused-ring (bicyclic) bond motifs is 1. The molecule has 1 unspecified atom stereocenters. The standard InChI is InChI=1S/C17H21N3/c1-11(2)17-19-15-12(3)9-18-10-14(15)16(20-17)13-7-5-4-6-8-13/h4-8,11-12,18H,9-10H2,1-3H3. The summed E-state index contributed by atoms with van der Waals surface area (Å²) in [6.07, 6.45) is 0. The van der Waals surface area contributed by atoms with Gasteiger partial charge in [0.25, 0.3) is 0 Å². The molecule has 0 bridgehead atoms. The number of aromatic nitrogens is 2. The second kappa shape index (κ2) is 5.33. The minimum Gasteiger partial charge on any atom is -0.312 e. The van der Waals surface area contributed by atoms with Crippen molar-refractivity contribution in [2.45, 2.75) is 39.2 Å². The van der Waals surface area contributed by atoms with E-state index in [4.69, 9.17) is 9.97 Å². The third-order valence-corrected chi connectivity index (χ3v) is 3.84. The van der Waals surface area contributed by atoms with Crippen molar-refractivity contribution in [1.82, 2.24) is 15.3 Å². The number of hydrogen-bond donors (Lipinski definition) is 1. The molecular weight excluding hydrogens is 246 g/mol. The van der Waals surface area contributed by atoms with Gasteiger partial charge in [0.15, 0.2) is 0 Å². The molecule has 1 aromatic carbocycles. The van der Waals surface area contributed by atoms with Gasteiger partial charge in [-0.25, -0.2) is 9.97 Å². The fourth-order valence-corrected chi connectivity index (χ4v) is 2.70. The molecule has 2 aromatic rings. The molecule has 1 aromatic heterocycles. The van der Waals surface area contributed by atoms with Crippen LogP contribution >= 0.6 is 0 Å². The predicted molar refractivity (Wildman–Crippen MR) is 81.7 cm³/mol. The first-order chi connectivity index (χ1) is 9.66. The maximum absolute atomic E-state index is 4.84. The fourth-order valence-electron chi connectivity index (χ4n) is 2.70. The Morgan fingerprint density at radius 2 is 1.90 bits per heavy atom. The molecule has 0 fully saturated rings. The molecule has 20 heavy (non-hydrogen) atoms. The first kappa shape index (κ1) is 13.3. The Morgan fingerprint density at radius 3 is 2.60 bits per heavy atom. The molecule has 0 aliphatic carbocycles. The summed E-state index contributed by atoms with van der Waals surface area (Å²) in [6.45, 7) is 8.40. The summed E-state index contributed by atoms with van der Waals surface area (Å²) in [7, 11) is 0. The molecule has 0 radical (unpaired) electrons. The van der Waals surface area contributed by atoms with Gasteiger partial charge in [-0.15, -0.1) is 0 Å². The van der Waals surface area contributed by atoms with E-state index in [1.165, 1.54) is 16.8 Å². The molecule has 104 valence electrons. The minimum atomic E-state index is 0.352. The van der Waals surface area contributed by atoms with E-state index >= 15 is 0 Å². The maximum atomic E-state index is 4.84. The Kier molecular flexibility index (Phi) is 3.53. The third kappa shape index (κ3) is 2.34. The number of nitrogens with one attached hydrogen (secondary N) is 1. The van der Waals surface area contributed by atoms with Gasteiger partial charge in [-0.3, -0.25) is 0 Å². The predicted octanol–water partition coefficient (Wildman–Crippen LogP) is 3.47. The lowest BCUT2D eigenvalue weighted by Crippen LogP contribution is -2.29. The van der Waals surface area contributed by atoms with Gasteiger partial charge in [0.1, 0.15) is 5.82 Å². The first-order valence-electron chi connectivity index (χ1n) is 7.33. The molecule has 0 saturated heterocycles. The van der Waals surface area contributed by atoms with Crippen molar-refractivity contribution >= 4 is 0 Å². The molecule has 1 aliphatic rings. The largest absolute Gasteiger partial charge is 0.312 e. The Labute approximate surface area is 120 Å². The summed E-state index contributed by atoms with van der Waals surface area (Å²) >= 11 is 0. The van der Waals surface area contributed by atoms with Crippen LogP contribution in [0.5, 0.6) is 0 Å². The second-order valence-electron chi connectivity index (χ2n) is 5.85. The van der Waals surface area contributed by atoms with Crippen molar-refractivity contribution in [3.8, 4) is 11.3 Å². The summed E-state index contributed by atoms with van der Waals surface area (Å²) in [5.41, 5.74) is 4.77. The Morgan fingerprint density at radius 1 is 1.15 bits per heavy atom. The van der Waals surface area contributed by atoms with Crippen molar-refractivity contribution < 1.29 is 0 Å². The quantitative estimate of drug-likeness (QED) is 0.905. The molecule has 0 saturated carbocycles. The smallest absolute Gasteiger partial charge is 0.131 e. The zero-order chi connectivity index (χ0) is 14.1. The van der Waals surface area contributed by atoms with Gasteiger partial charge in [-0.2, -0.15) is 0 Å². The third-order valence-electron chi connectivity index (χ3n) is 3.84. The van der Waals surface area contributed by atoms with Crippen LogP contribution < -0.4 is 5.32 Å². The molecule has 0 amide bonds. The zero-order valence-corrected chi connectivity index (χ0v) is 12.4. The maximum Gasteiger partial charge on any atom is 0.131 e. The van der Waals surface area contributed by atoms with Gasteiger partial charge in [-0.05, 0) is 0 Å². The average molecular weight is 267 g/mol. The minimum absolute atomic E-state index is 0.352. The Balaban J connectivity index is 2.22. The van der Waals surface area contributed by atoms with Crippen molar-refractivity contribution in [2.24, 2.45) is 0 Å². The van der Waals surface area contributed by atoms with Crippen LogP contribution in [-0.2, 0) is 6.54 Å². The van der Waals surface area contributed by atoms with Gasteiger partial charge in [0, 0.05) is 36.1 Å². The van der Waals surface area contributed by atoms with Crippen LogP contribution in [-0.4, -0.2) is 16.5 Å². The van der Waals surface area contributed by atoms with Crippen LogP contribution in [0.2, 0.25) is 0 Å². The van der Waals surface area contributed by atoms with Crippen LogP contribution in [0, 0.1) is 0 Å². The van der Waals surface area contributed by atoms with Crippen molar-refractivity contribution in [1.29, 1.82) is 0 Å². The number of nitrogens with zero attached hydrogens (tertiary/aromatic N) is 2. The summed E-state index contributed by atoms with van der Waals surface area (Å²) in [4.78, 5) is 9.67. The number of benzene rings is 1. The second-order valence-corrected chi connectivity index (χ2v) is 5.85. The molecular formula is C17H21N3. The Hall–Kier alpha value is -1.74. The van der Waals surface area contributed by atoms with Crippen molar-refractivity contribution in [3.05, 3.63) is 47.4 Å². The van der Waals surface area contributed by atoms with E-state index in [2.05, 4.69) is 50.4 Å². The molecule has 3 rings (SSSR count). The van der Waals surface area contributed by atoms with E-state index in [-0.39, 0.29) is 0 Å². The molecule has 3 heteroatoms. The van der Waals surface area contributed by atoms with Crippen molar-refractivity contribution in [3.63, 3.8) is 0 Å². The highest BCUT2D eigenvalue weighted by Crippen LogP contribution is 2.31. The van der Waals surface area contributed by atoms with Gasteiger partial charge < -0.3 is 5.32 Å². The molecule has 3 nitrogen and oxygen atoms in total. The molecule has 1 aliphatic heterocycles. The van der Waals surface area contributed by atoms with E-state index in [9.17, 15) is 0 Å². The first-order valence-corrected chi connectivity index (χ1v) is 7.33. The summed E-state index contributed by atoms with van der Waals surface area (Å²) in [6, 6.07) is 10.4. The van der Waals surface area contributed by atoms with Gasteiger partial charge in [0.05, 0.1) is 11.4 Å². The lowest BCUT2D eigenvalue weighted by Gasteiger charge is -2.25. The van der Waals surface area contributed by atoms with E-state index < -0.39 is 0 Å². The van der Waals surface area contributed by atoms with Gasteiger partial charge in [0.2, 0.25) is 0 Å². The monoisotopic (exact) mass is 267 g/mol. The number of rotatable bonds is 2. The fraction of sp³-hybridized carbons (Fsp3) is 0.412. The van der Waals surface area contributed by atoms with E-state index in [1.54, 1.807) is 0 Å². The molecule has 1 atom stereocenters. The van der Waals surface area contributed by atoms with Gasteiger partial charge >= 0.3 is 0 Å². The summed E-state index contributed by atoms with van der Waals surface area (Å²) in [5, 5.41) is 3.47. The lowest BCUT2D eigenvalue weighted by molar-refractivity contribution is 0.547. The van der Waals surface area contributed by atoms with E-state index in [0.29, 0.717) is 11.8 Å². The molecule has 1 N–H and O–H groups in total. The van der Waals surface area contributed by atoms with Crippen LogP contribution in [0.4, 0.5) is 0 Å². The Bertz CT molecular complexity index is 605. The van der Waals surface area contributed by atoms with Crippen molar-refractivity contribution in [2.75, 3.05) is 6.54 Å². The topological polar surface area (TPSA) is 37.8 Å². The van der Waals surface area contributed by atoms with Crippen LogP contribution in [0.1, 0.15) is 49.7 Å². The van der Waals surface area contributed by atoms with E-state index in [1.807, 2.05) is 6.07 Å². The number of hydrogen-bond acceptors (Lipinski definition) is 3. The van der Waals surface area contributed by atoms with Gasteiger partial charge in [-0.1, -0.05) is 51.1 Å². The van der Waals surface area contributed by atoms with Crippen LogP contribution in [0.3, 0.4) is 0 Å². The van der Waals surface area contributed by atoms with E-state index in [0.717, 1.165) is 24.6 Å². The lowest BCUT2D eigenvalue weighted by atomic mass is 9.93. The van der Waals surface area contributed by atoms with Crippen LogP contribution in [0.15, 0.2) is 30.3 Å². The zero-order valence-electron chi connectivity index (χ0n) is 12.4. The SMILES string of the molecule is CC(C)c1nc(-c2ccccc2)c2c(n1)C(C)CNC2.